The first-order valence-corrected chi connectivity index (χ1v) is 7.47. The maximum Gasteiger partial charge on any atom is 0.368 e. The average molecular weight is 373 g/mol. The highest BCUT2D eigenvalue weighted by Crippen LogP contribution is 2.24. The number of halogens is 2. The SMILES string of the molecule is C#CCCOc1ccc(Br)cc1CN=C(Cl)C(=O)OCC. The predicted molar refractivity (Wildman–Crippen MR) is 86.7 cm³/mol. The van der Waals surface area contributed by atoms with Gasteiger partial charge in [-0.3, -0.25) is 4.99 Å². The molecule has 6 heteroatoms. The van der Waals surface area contributed by atoms with Crippen molar-refractivity contribution in [3.05, 3.63) is 28.2 Å². The van der Waals surface area contributed by atoms with Crippen molar-refractivity contribution in [3.8, 4) is 18.1 Å². The molecule has 1 aromatic rings. The molecule has 0 aromatic heterocycles. The Bertz CT molecular complexity index is 567. The summed E-state index contributed by atoms with van der Waals surface area (Å²) in [4.78, 5) is 15.4. The van der Waals surface area contributed by atoms with Crippen LogP contribution in [-0.4, -0.2) is 24.4 Å². The number of hydrogen-bond acceptors (Lipinski definition) is 4. The molecule has 112 valence electrons. The van der Waals surface area contributed by atoms with E-state index in [1.165, 1.54) is 0 Å². The Morgan fingerprint density at radius 1 is 1.52 bits per heavy atom. The Labute approximate surface area is 137 Å². The quantitative estimate of drug-likeness (QED) is 0.318. The van der Waals surface area contributed by atoms with Gasteiger partial charge in [-0.2, -0.15) is 0 Å². The van der Waals surface area contributed by atoms with Crippen molar-refractivity contribution >= 4 is 38.7 Å². The minimum absolute atomic E-state index is 0.189. The molecule has 0 N–H and O–H groups in total. The fourth-order valence-electron chi connectivity index (χ4n) is 1.44. The summed E-state index contributed by atoms with van der Waals surface area (Å²) in [5, 5.41) is -0.189. The summed E-state index contributed by atoms with van der Waals surface area (Å²) in [5.74, 6) is 2.53. The topological polar surface area (TPSA) is 47.9 Å². The number of rotatable bonds is 7. The van der Waals surface area contributed by atoms with E-state index in [9.17, 15) is 4.79 Å². The molecule has 0 aliphatic carbocycles. The van der Waals surface area contributed by atoms with E-state index in [1.54, 1.807) is 6.92 Å². The number of hydrogen-bond donors (Lipinski definition) is 0. The van der Waals surface area contributed by atoms with E-state index in [0.29, 0.717) is 18.8 Å². The zero-order valence-electron chi connectivity index (χ0n) is 11.6. The maximum absolute atomic E-state index is 11.4. The van der Waals surface area contributed by atoms with Gasteiger partial charge in [-0.15, -0.1) is 12.3 Å². The number of aliphatic imine (C=N–C) groups is 1. The van der Waals surface area contributed by atoms with Crippen molar-refractivity contribution in [2.45, 2.75) is 19.9 Å². The predicted octanol–water partition coefficient (Wildman–Crippen LogP) is 3.55. The number of nitrogens with zero attached hydrogens (tertiary/aromatic N) is 1. The summed E-state index contributed by atoms with van der Waals surface area (Å²) in [7, 11) is 0. The highest BCUT2D eigenvalue weighted by molar-refractivity contribution is 9.10. The second kappa shape index (κ2) is 9.43. The van der Waals surface area contributed by atoms with E-state index >= 15 is 0 Å². The molecule has 0 bridgehead atoms. The lowest BCUT2D eigenvalue weighted by Crippen LogP contribution is -2.12. The van der Waals surface area contributed by atoms with Crippen molar-refractivity contribution in [3.63, 3.8) is 0 Å². The summed E-state index contributed by atoms with van der Waals surface area (Å²) in [6.45, 7) is 2.58. The number of ether oxygens (including phenoxy) is 2. The first kappa shape index (κ1) is 17.5. The van der Waals surface area contributed by atoms with Gasteiger partial charge in [-0.05, 0) is 25.1 Å². The van der Waals surface area contributed by atoms with E-state index in [2.05, 4.69) is 26.8 Å². The van der Waals surface area contributed by atoms with Crippen LogP contribution < -0.4 is 4.74 Å². The lowest BCUT2D eigenvalue weighted by molar-refractivity contribution is -0.134. The third-order valence-corrected chi connectivity index (χ3v) is 3.13. The number of carbonyl (C=O) groups is 1. The number of benzene rings is 1. The van der Waals surface area contributed by atoms with Gasteiger partial charge >= 0.3 is 5.97 Å². The van der Waals surface area contributed by atoms with Crippen LogP contribution in [0.4, 0.5) is 0 Å². The van der Waals surface area contributed by atoms with Crippen LogP contribution in [0.25, 0.3) is 0 Å². The molecule has 0 saturated heterocycles. The Morgan fingerprint density at radius 3 is 2.95 bits per heavy atom. The smallest absolute Gasteiger partial charge is 0.368 e. The number of terminal acetylenes is 1. The van der Waals surface area contributed by atoms with Crippen LogP contribution >= 0.6 is 27.5 Å². The molecule has 0 amide bonds. The molecular weight excluding hydrogens is 358 g/mol. The van der Waals surface area contributed by atoms with Gasteiger partial charge in [-0.1, -0.05) is 27.5 Å². The number of esters is 1. The highest BCUT2D eigenvalue weighted by atomic mass is 79.9. The van der Waals surface area contributed by atoms with Crippen LogP contribution in [0.5, 0.6) is 5.75 Å². The molecule has 0 atom stereocenters. The second-order valence-corrected chi connectivity index (χ2v) is 5.16. The van der Waals surface area contributed by atoms with Crippen LogP contribution in [0.3, 0.4) is 0 Å². The molecule has 0 saturated carbocycles. The van der Waals surface area contributed by atoms with Crippen LogP contribution in [0, 0.1) is 12.3 Å². The highest BCUT2D eigenvalue weighted by Gasteiger charge is 2.10. The largest absolute Gasteiger partial charge is 0.492 e. The van der Waals surface area contributed by atoms with Gasteiger partial charge in [0.2, 0.25) is 5.17 Å². The minimum atomic E-state index is -0.635. The molecule has 21 heavy (non-hydrogen) atoms. The molecule has 0 heterocycles. The van der Waals surface area contributed by atoms with Crippen molar-refractivity contribution in [2.75, 3.05) is 13.2 Å². The van der Waals surface area contributed by atoms with Crippen molar-refractivity contribution in [2.24, 2.45) is 4.99 Å². The van der Waals surface area contributed by atoms with Crippen LogP contribution in [0.1, 0.15) is 18.9 Å². The summed E-state index contributed by atoms with van der Waals surface area (Å²) in [6, 6.07) is 5.51. The average Bonchev–Trinajstić information content (AvgIpc) is 2.47. The van der Waals surface area contributed by atoms with Gasteiger partial charge in [0.05, 0.1) is 19.8 Å². The molecule has 0 fully saturated rings. The first-order valence-electron chi connectivity index (χ1n) is 6.30. The third-order valence-electron chi connectivity index (χ3n) is 2.36. The van der Waals surface area contributed by atoms with Crippen LogP contribution in [0.15, 0.2) is 27.7 Å². The fourth-order valence-corrected chi connectivity index (χ4v) is 1.96. The van der Waals surface area contributed by atoms with E-state index < -0.39 is 5.97 Å². The van der Waals surface area contributed by atoms with Gasteiger partial charge in [0.1, 0.15) is 5.75 Å². The van der Waals surface area contributed by atoms with Crippen molar-refractivity contribution in [1.82, 2.24) is 0 Å². The second-order valence-electron chi connectivity index (χ2n) is 3.88. The molecule has 0 unspecified atom stereocenters. The lowest BCUT2D eigenvalue weighted by Gasteiger charge is -2.10. The third kappa shape index (κ3) is 6.19. The van der Waals surface area contributed by atoms with E-state index in [-0.39, 0.29) is 18.3 Å². The summed E-state index contributed by atoms with van der Waals surface area (Å²) in [5.41, 5.74) is 0.795. The Balaban J connectivity index is 2.81. The van der Waals surface area contributed by atoms with Gasteiger partial charge in [0.25, 0.3) is 0 Å². The number of carbonyl (C=O) groups excluding carboxylic acids is 1. The van der Waals surface area contributed by atoms with E-state index in [0.717, 1.165) is 10.0 Å². The lowest BCUT2D eigenvalue weighted by atomic mass is 10.2. The van der Waals surface area contributed by atoms with Gasteiger partial charge < -0.3 is 9.47 Å². The normalized spacial score (nSPS) is 10.9. The molecule has 1 rings (SSSR count). The Kier molecular flexibility index (Phi) is 7.88. The molecule has 1 aromatic carbocycles. The van der Waals surface area contributed by atoms with E-state index in [4.69, 9.17) is 27.5 Å². The summed E-state index contributed by atoms with van der Waals surface area (Å²) in [6.07, 6.45) is 5.70. The molecular formula is C15H15BrClNO3. The van der Waals surface area contributed by atoms with Gasteiger partial charge in [0, 0.05) is 16.5 Å². The fraction of sp³-hybridized carbons (Fsp3) is 0.333. The minimum Gasteiger partial charge on any atom is -0.492 e. The zero-order valence-corrected chi connectivity index (χ0v) is 13.9. The summed E-state index contributed by atoms with van der Waals surface area (Å²) < 4.78 is 11.2. The maximum atomic E-state index is 11.4. The molecule has 4 nitrogen and oxygen atoms in total. The molecule has 0 spiro atoms. The Hall–Kier alpha value is -1.51. The molecule has 0 radical (unpaired) electrons. The summed E-state index contributed by atoms with van der Waals surface area (Å²) >= 11 is 9.15. The monoisotopic (exact) mass is 371 g/mol. The standard InChI is InChI=1S/C15H15BrClNO3/c1-3-5-8-21-13-7-6-12(16)9-11(13)10-18-14(17)15(19)20-4-2/h1,6-7,9H,4-5,8,10H2,2H3. The van der Waals surface area contributed by atoms with Crippen LogP contribution in [-0.2, 0) is 16.1 Å². The van der Waals surface area contributed by atoms with E-state index in [1.807, 2.05) is 18.2 Å². The van der Waals surface area contributed by atoms with Gasteiger partial charge in [-0.25, -0.2) is 4.79 Å². The zero-order chi connectivity index (χ0) is 15.7. The molecule has 0 aliphatic heterocycles. The van der Waals surface area contributed by atoms with Crippen molar-refractivity contribution in [1.29, 1.82) is 0 Å². The van der Waals surface area contributed by atoms with Gasteiger partial charge in [0.15, 0.2) is 0 Å². The molecule has 0 aliphatic rings. The van der Waals surface area contributed by atoms with Crippen LogP contribution in [0.2, 0.25) is 0 Å². The van der Waals surface area contributed by atoms with Crippen molar-refractivity contribution < 1.29 is 14.3 Å². The first-order chi connectivity index (χ1) is 10.1. The Morgan fingerprint density at radius 2 is 2.29 bits per heavy atom.